The average molecular weight is 430 g/mol. The fourth-order valence-electron chi connectivity index (χ4n) is 3.50. The van der Waals surface area contributed by atoms with E-state index in [1.54, 1.807) is 0 Å². The van der Waals surface area contributed by atoms with E-state index in [2.05, 4.69) is 24.9 Å². The molecule has 1 fully saturated rings. The van der Waals surface area contributed by atoms with E-state index in [1.807, 2.05) is 30.3 Å². The van der Waals surface area contributed by atoms with Crippen molar-refractivity contribution in [3.05, 3.63) is 66.0 Å². The van der Waals surface area contributed by atoms with Gasteiger partial charge in [-0.25, -0.2) is 27.5 Å². The molecular weight excluding hydrogens is 411 g/mol. The van der Waals surface area contributed by atoms with Crippen LogP contribution in [0.2, 0.25) is 0 Å². The number of aromatic amines is 1. The molecule has 11 heteroatoms. The van der Waals surface area contributed by atoms with Crippen LogP contribution in [-0.4, -0.2) is 58.2 Å². The van der Waals surface area contributed by atoms with Crippen LogP contribution in [0.25, 0.3) is 11.4 Å². The van der Waals surface area contributed by atoms with E-state index in [9.17, 15) is 17.6 Å². The predicted octanol–water partition coefficient (Wildman–Crippen LogP) is 1.51. The van der Waals surface area contributed by atoms with Gasteiger partial charge >= 0.3 is 0 Å². The third-order valence-corrected chi connectivity index (χ3v) is 5.50. The Morgan fingerprint density at radius 3 is 2.67 bits per heavy atom. The number of rotatable bonds is 5. The number of hydrogen-bond acceptors (Lipinski definition) is 6. The number of sulfonamides is 1. The van der Waals surface area contributed by atoms with Crippen molar-refractivity contribution in [1.29, 1.82) is 0 Å². The van der Waals surface area contributed by atoms with Crippen molar-refractivity contribution >= 4 is 15.9 Å². The average Bonchev–Trinajstić information content (AvgIpc) is 3.34. The highest BCUT2D eigenvalue weighted by Crippen LogP contribution is 2.32. The van der Waals surface area contributed by atoms with Crippen molar-refractivity contribution in [2.24, 2.45) is 0 Å². The van der Waals surface area contributed by atoms with Crippen LogP contribution in [0.15, 0.2) is 48.7 Å². The summed E-state index contributed by atoms with van der Waals surface area (Å²) in [6.45, 7) is 0.122. The molecule has 0 radical (unpaired) electrons. The number of pyridine rings is 1. The fourth-order valence-corrected chi connectivity index (χ4v) is 4.27. The molecule has 0 aliphatic carbocycles. The normalized spacial score (nSPS) is 19.2. The Kier molecular flexibility index (Phi) is 5.31. The summed E-state index contributed by atoms with van der Waals surface area (Å²) in [5, 5.41) is 7.09. The van der Waals surface area contributed by atoms with Gasteiger partial charge in [-0.3, -0.25) is 9.89 Å². The van der Waals surface area contributed by atoms with Gasteiger partial charge in [-0.1, -0.05) is 30.3 Å². The Hall–Kier alpha value is -3.18. The van der Waals surface area contributed by atoms with E-state index >= 15 is 0 Å². The molecule has 0 spiro atoms. The summed E-state index contributed by atoms with van der Waals surface area (Å²) in [6, 6.07) is 10.7. The van der Waals surface area contributed by atoms with E-state index < -0.39 is 33.8 Å². The number of carbonyl (C=O) groups is 1. The first-order chi connectivity index (χ1) is 14.3. The minimum atomic E-state index is -3.47. The van der Waals surface area contributed by atoms with Crippen LogP contribution < -0.4 is 4.72 Å². The second kappa shape index (κ2) is 7.92. The van der Waals surface area contributed by atoms with Gasteiger partial charge in [0.2, 0.25) is 10.0 Å². The molecule has 3 heterocycles. The molecular formula is C19H19FN6O3S. The lowest BCUT2D eigenvalue weighted by atomic mass is 10.1. The molecule has 0 saturated carbocycles. The Balaban J connectivity index is 1.65. The second-order valence-corrected chi connectivity index (χ2v) is 8.85. The maximum absolute atomic E-state index is 13.2. The molecule has 4 rings (SSSR count). The lowest BCUT2D eigenvalue weighted by molar-refractivity contribution is 0.0722. The number of hydrogen-bond donors (Lipinski definition) is 2. The highest BCUT2D eigenvalue weighted by molar-refractivity contribution is 7.88. The number of H-pyrrole nitrogens is 1. The molecule has 2 atom stereocenters. The topological polar surface area (TPSA) is 121 Å². The summed E-state index contributed by atoms with van der Waals surface area (Å²) in [5.74, 6) is -0.0983. The number of likely N-dealkylation sites (tertiary alicyclic amines) is 1. The predicted molar refractivity (Wildman–Crippen MR) is 106 cm³/mol. The number of carbonyl (C=O) groups excluding carboxylic acids is 1. The van der Waals surface area contributed by atoms with Gasteiger partial charge < -0.3 is 4.90 Å². The Morgan fingerprint density at radius 2 is 2.00 bits per heavy atom. The zero-order valence-electron chi connectivity index (χ0n) is 16.0. The van der Waals surface area contributed by atoms with Gasteiger partial charge in [0.1, 0.15) is 17.3 Å². The van der Waals surface area contributed by atoms with Gasteiger partial charge in [-0.2, -0.15) is 5.10 Å². The molecule has 2 aromatic heterocycles. The molecule has 3 aromatic rings. The highest BCUT2D eigenvalue weighted by atomic mass is 32.2. The number of nitrogens with zero attached hydrogens (tertiary/aromatic N) is 4. The molecule has 1 aromatic carbocycles. The van der Waals surface area contributed by atoms with Crippen molar-refractivity contribution < 1.29 is 17.6 Å². The van der Waals surface area contributed by atoms with Gasteiger partial charge in [-0.15, -0.1) is 0 Å². The van der Waals surface area contributed by atoms with Crippen LogP contribution >= 0.6 is 0 Å². The molecule has 1 saturated heterocycles. The molecule has 1 amide bonds. The Labute approximate surface area is 172 Å². The molecule has 0 bridgehead atoms. The van der Waals surface area contributed by atoms with E-state index in [-0.39, 0.29) is 12.2 Å². The van der Waals surface area contributed by atoms with Crippen LogP contribution in [-0.2, 0) is 10.0 Å². The van der Waals surface area contributed by atoms with Crippen LogP contribution in [0.3, 0.4) is 0 Å². The van der Waals surface area contributed by atoms with Gasteiger partial charge in [-0.05, 0) is 18.6 Å². The molecule has 30 heavy (non-hydrogen) atoms. The van der Waals surface area contributed by atoms with Crippen molar-refractivity contribution in [1.82, 2.24) is 29.8 Å². The minimum absolute atomic E-state index is 0.0594. The van der Waals surface area contributed by atoms with Gasteiger partial charge in [0.05, 0.1) is 18.5 Å². The van der Waals surface area contributed by atoms with Crippen LogP contribution in [0, 0.1) is 5.82 Å². The van der Waals surface area contributed by atoms with Gasteiger partial charge in [0.15, 0.2) is 5.82 Å². The summed E-state index contributed by atoms with van der Waals surface area (Å²) in [5.41, 5.74) is 0.867. The number of aromatic nitrogens is 4. The third kappa shape index (κ3) is 4.36. The van der Waals surface area contributed by atoms with Crippen LogP contribution in [0.5, 0.6) is 0 Å². The second-order valence-electron chi connectivity index (χ2n) is 7.07. The summed E-state index contributed by atoms with van der Waals surface area (Å²) < 4.78 is 39.1. The van der Waals surface area contributed by atoms with E-state index in [0.29, 0.717) is 18.1 Å². The number of amides is 1. The molecule has 1 aliphatic heterocycles. The first-order valence-electron chi connectivity index (χ1n) is 9.18. The maximum atomic E-state index is 13.2. The zero-order valence-corrected chi connectivity index (χ0v) is 16.8. The quantitative estimate of drug-likeness (QED) is 0.633. The smallest absolute Gasteiger partial charge is 0.273 e. The molecule has 156 valence electrons. The van der Waals surface area contributed by atoms with Crippen molar-refractivity contribution in [3.63, 3.8) is 0 Å². The number of halogens is 1. The molecule has 0 unspecified atom stereocenters. The first-order valence-corrected chi connectivity index (χ1v) is 11.1. The van der Waals surface area contributed by atoms with Gasteiger partial charge in [0.25, 0.3) is 5.91 Å². The first kappa shape index (κ1) is 20.1. The highest BCUT2D eigenvalue weighted by Gasteiger charge is 2.40. The summed E-state index contributed by atoms with van der Waals surface area (Å²) in [7, 11) is -3.47. The zero-order chi connectivity index (χ0) is 21.3. The summed E-state index contributed by atoms with van der Waals surface area (Å²) in [6.07, 6.45) is 2.34. The minimum Gasteiger partial charge on any atom is -0.325 e. The summed E-state index contributed by atoms with van der Waals surface area (Å²) in [4.78, 5) is 22.9. The van der Waals surface area contributed by atoms with E-state index in [0.717, 1.165) is 24.1 Å². The van der Waals surface area contributed by atoms with E-state index in [4.69, 9.17) is 0 Å². The number of benzene rings is 1. The van der Waals surface area contributed by atoms with Crippen molar-refractivity contribution in [2.45, 2.75) is 18.5 Å². The molecule has 1 aliphatic rings. The van der Waals surface area contributed by atoms with Crippen LogP contribution in [0.1, 0.15) is 28.8 Å². The standard InChI is InChI=1S/C19H19FN6O3S/c1-30(28,29)25-14-9-16(18-22-17(23-24-18)12-5-3-2-4-6-12)26(11-14)19(27)15-8-7-13(20)10-21-15/h2-8,10,14,16,25H,9,11H2,1H3,(H,22,23,24)/t14-,16-/m0/s1. The molecule has 2 N–H and O–H groups in total. The largest absolute Gasteiger partial charge is 0.325 e. The van der Waals surface area contributed by atoms with Crippen LogP contribution in [0.4, 0.5) is 4.39 Å². The SMILES string of the molecule is CS(=O)(=O)N[C@H]1C[C@@H](c2nc(-c3ccccc3)n[nH]2)N(C(=O)c2ccc(F)cn2)C1. The maximum Gasteiger partial charge on any atom is 0.273 e. The molecule has 9 nitrogen and oxygen atoms in total. The lowest BCUT2D eigenvalue weighted by Gasteiger charge is -2.22. The van der Waals surface area contributed by atoms with Crippen molar-refractivity contribution in [3.8, 4) is 11.4 Å². The van der Waals surface area contributed by atoms with E-state index in [1.165, 1.54) is 11.0 Å². The van der Waals surface area contributed by atoms with Crippen molar-refractivity contribution in [2.75, 3.05) is 12.8 Å². The number of nitrogens with one attached hydrogen (secondary N) is 2. The monoisotopic (exact) mass is 430 g/mol. The third-order valence-electron chi connectivity index (χ3n) is 4.74. The lowest BCUT2D eigenvalue weighted by Crippen LogP contribution is -2.38. The Morgan fingerprint density at radius 1 is 1.23 bits per heavy atom. The fraction of sp³-hybridized carbons (Fsp3) is 0.263. The van der Waals surface area contributed by atoms with Gasteiger partial charge in [0, 0.05) is 18.2 Å². The Bertz CT molecular complexity index is 1150. The summed E-state index contributed by atoms with van der Waals surface area (Å²) >= 11 is 0.